The Balaban J connectivity index is 1.42. The van der Waals surface area contributed by atoms with Gasteiger partial charge in [-0.2, -0.15) is 13.2 Å². The van der Waals surface area contributed by atoms with Crippen molar-refractivity contribution in [2.75, 3.05) is 20.3 Å². The molecule has 0 saturated carbocycles. The normalized spacial score (nSPS) is 16.7. The van der Waals surface area contributed by atoms with E-state index in [1.54, 1.807) is 34.6 Å². The minimum absolute atomic E-state index is 0.00836. The van der Waals surface area contributed by atoms with Gasteiger partial charge in [0.05, 0.1) is 19.3 Å². The van der Waals surface area contributed by atoms with Gasteiger partial charge >= 0.3 is 18.2 Å². The average Bonchev–Trinajstić information content (AvgIpc) is 3.50. The smallest absolute Gasteiger partial charge is 0.424 e. The molecule has 3 atom stereocenters. The summed E-state index contributed by atoms with van der Waals surface area (Å²) in [7, 11) is 1.20. The van der Waals surface area contributed by atoms with Crippen LogP contribution in [-0.2, 0) is 36.7 Å². The van der Waals surface area contributed by atoms with Gasteiger partial charge in [0.15, 0.2) is 0 Å². The number of amides is 3. The van der Waals surface area contributed by atoms with Crippen molar-refractivity contribution < 1.29 is 65.2 Å². The number of carbonyl (C=O) groups is 4. The average molecular weight is 832 g/mol. The number of fused-ring (bicyclic) bond motifs is 2. The molecule has 0 bridgehead atoms. The highest BCUT2D eigenvalue weighted by molar-refractivity contribution is 6.00. The molecule has 1 aliphatic rings. The van der Waals surface area contributed by atoms with Gasteiger partial charge < -0.3 is 40.4 Å². The zero-order chi connectivity index (χ0) is 43.8. The molecule has 1 aliphatic heterocycles. The molecule has 4 aromatic rings. The minimum atomic E-state index is -5.49. The van der Waals surface area contributed by atoms with Gasteiger partial charge in [-0.1, -0.05) is 13.8 Å². The molecule has 3 amide bonds. The molecule has 0 saturated heterocycles. The van der Waals surface area contributed by atoms with Gasteiger partial charge in [0.1, 0.15) is 70.3 Å². The highest BCUT2D eigenvalue weighted by Crippen LogP contribution is 2.47. The van der Waals surface area contributed by atoms with E-state index in [9.17, 15) is 41.8 Å². The van der Waals surface area contributed by atoms with E-state index in [4.69, 9.17) is 24.7 Å². The van der Waals surface area contributed by atoms with Crippen LogP contribution in [0.1, 0.15) is 68.9 Å². The van der Waals surface area contributed by atoms with Gasteiger partial charge in [0.2, 0.25) is 11.5 Å². The summed E-state index contributed by atoms with van der Waals surface area (Å²) in [6.07, 6.45) is -6.35. The Morgan fingerprint density at radius 1 is 1.02 bits per heavy atom. The van der Waals surface area contributed by atoms with Crippen molar-refractivity contribution >= 4 is 34.8 Å². The van der Waals surface area contributed by atoms with Gasteiger partial charge in [-0.25, -0.2) is 28.3 Å². The van der Waals surface area contributed by atoms with Crippen molar-refractivity contribution in [2.45, 2.75) is 77.0 Å². The third-order valence-corrected chi connectivity index (χ3v) is 9.47. The molecule has 5 rings (SSSR count). The number of halogens is 5. The maximum atomic E-state index is 15.4. The van der Waals surface area contributed by atoms with Crippen LogP contribution in [-0.4, -0.2) is 77.0 Å². The van der Waals surface area contributed by atoms with Crippen LogP contribution in [0.3, 0.4) is 0 Å². The van der Waals surface area contributed by atoms with E-state index in [1.165, 1.54) is 26.2 Å². The fourth-order valence-corrected chi connectivity index (χ4v) is 6.07. The van der Waals surface area contributed by atoms with Crippen LogP contribution in [0.4, 0.5) is 26.7 Å². The number of methoxy groups -OCH3 is 1. The standard InChI is InChI=1S/C40H42F5N5O9/c1-19(2)29(50-36(54)59-37(3,4)5)34(52)57-16-26-25(42)13-21-12-22(14-27(56-7)30(21)48-26)33(51)47-17-39(55,40(43,44)45)28-15-24-32(58-18-38(24,6)35(46)53)31(49-28)20-8-10-23(41)11-9-20/h8-15,19,29,55H,16-18H2,1-7H3,(H2,46,53)(H,47,51)(H,50,54)/t29-,38-,39?/m0/s1. The monoisotopic (exact) mass is 831 g/mol. The molecule has 5 N–H and O–H groups in total. The van der Waals surface area contributed by atoms with Crippen LogP contribution in [0.2, 0.25) is 0 Å². The lowest BCUT2D eigenvalue weighted by Gasteiger charge is -2.31. The summed E-state index contributed by atoms with van der Waals surface area (Å²) in [5, 5.41) is 15.8. The lowest BCUT2D eigenvalue weighted by Crippen LogP contribution is -2.51. The molecule has 1 unspecified atom stereocenters. The van der Waals surface area contributed by atoms with Crippen molar-refractivity contribution in [3.8, 4) is 22.8 Å². The third kappa shape index (κ3) is 9.14. The maximum absolute atomic E-state index is 15.4. The predicted octanol–water partition coefficient (Wildman–Crippen LogP) is 5.49. The first-order valence-corrected chi connectivity index (χ1v) is 18.0. The second-order valence-electron chi connectivity index (χ2n) is 15.4. The molecule has 3 heterocycles. The summed E-state index contributed by atoms with van der Waals surface area (Å²) >= 11 is 0. The Morgan fingerprint density at radius 3 is 2.25 bits per heavy atom. The van der Waals surface area contributed by atoms with Crippen LogP contribution in [0, 0.1) is 17.6 Å². The van der Waals surface area contributed by atoms with Gasteiger partial charge in [0.25, 0.3) is 5.91 Å². The molecular formula is C40H42F5N5O9. The van der Waals surface area contributed by atoms with Crippen LogP contribution in [0.25, 0.3) is 22.2 Å². The van der Waals surface area contributed by atoms with E-state index in [1.807, 2.05) is 0 Å². The number of hydrogen-bond acceptors (Lipinski definition) is 11. The molecule has 2 aromatic carbocycles. The molecule has 59 heavy (non-hydrogen) atoms. The van der Waals surface area contributed by atoms with E-state index in [-0.39, 0.29) is 57.1 Å². The number of benzene rings is 2. The van der Waals surface area contributed by atoms with E-state index in [0.29, 0.717) is 0 Å². The third-order valence-electron chi connectivity index (χ3n) is 9.47. The predicted molar refractivity (Wildman–Crippen MR) is 200 cm³/mol. The first kappa shape index (κ1) is 44.0. The molecule has 0 radical (unpaired) electrons. The largest absolute Gasteiger partial charge is 0.494 e. The number of nitrogens with two attached hydrogens (primary N) is 1. The number of rotatable bonds is 12. The molecule has 2 aromatic heterocycles. The molecular weight excluding hydrogens is 789 g/mol. The first-order chi connectivity index (χ1) is 27.4. The maximum Gasteiger partial charge on any atom is 0.424 e. The summed E-state index contributed by atoms with van der Waals surface area (Å²) < 4.78 is 95.4. The Bertz CT molecular complexity index is 2300. The van der Waals surface area contributed by atoms with Crippen molar-refractivity contribution in [1.29, 1.82) is 0 Å². The number of nitrogens with zero attached hydrogens (tertiary/aromatic N) is 2. The lowest BCUT2D eigenvalue weighted by atomic mass is 9.81. The number of esters is 1. The van der Waals surface area contributed by atoms with Crippen molar-refractivity contribution in [2.24, 2.45) is 11.7 Å². The number of pyridine rings is 2. The molecule has 316 valence electrons. The number of alkyl carbamates (subject to hydrolysis) is 1. The molecule has 0 fully saturated rings. The Labute approximate surface area is 334 Å². The van der Waals surface area contributed by atoms with Crippen LogP contribution in [0.5, 0.6) is 11.5 Å². The van der Waals surface area contributed by atoms with Crippen molar-refractivity contribution in [3.63, 3.8) is 0 Å². The number of aliphatic hydroxyl groups is 1. The molecule has 0 aliphatic carbocycles. The number of aromatic nitrogens is 2. The van der Waals surface area contributed by atoms with Gasteiger partial charge in [-0.3, -0.25) is 9.59 Å². The zero-order valence-electron chi connectivity index (χ0n) is 33.0. The van der Waals surface area contributed by atoms with E-state index in [0.717, 1.165) is 36.4 Å². The van der Waals surface area contributed by atoms with Crippen LogP contribution < -0.4 is 25.8 Å². The Kier molecular flexibility index (Phi) is 12.1. The summed E-state index contributed by atoms with van der Waals surface area (Å²) in [6.45, 7) is 7.00. The number of carbonyl (C=O) groups excluding carboxylic acids is 4. The van der Waals surface area contributed by atoms with E-state index in [2.05, 4.69) is 20.6 Å². The summed E-state index contributed by atoms with van der Waals surface area (Å²) in [6, 6.07) is 7.32. The fraction of sp³-hybridized carbons (Fsp3) is 0.400. The number of nitrogens with one attached hydrogen (secondary N) is 2. The quantitative estimate of drug-likeness (QED) is 0.104. The highest BCUT2D eigenvalue weighted by Gasteiger charge is 2.58. The molecule has 0 spiro atoms. The molecule has 19 heteroatoms. The SMILES string of the molecule is COc1cc(C(=O)NCC(O)(c2cc3c(c(-c4ccc(F)cc4)n2)OC[C@]3(C)C(N)=O)C(F)(F)F)cc2cc(F)c(COC(=O)[C@@H](NC(=O)OC(C)(C)C)C(C)C)nc12. The second-order valence-corrected chi connectivity index (χ2v) is 15.4. The number of ether oxygens (including phenoxy) is 4. The fourth-order valence-electron chi connectivity index (χ4n) is 6.07. The summed E-state index contributed by atoms with van der Waals surface area (Å²) in [4.78, 5) is 59.5. The van der Waals surface area contributed by atoms with E-state index >= 15 is 4.39 Å². The number of primary amides is 1. The van der Waals surface area contributed by atoms with Crippen molar-refractivity contribution in [3.05, 3.63) is 82.7 Å². The first-order valence-electron chi connectivity index (χ1n) is 18.0. The Morgan fingerprint density at radius 2 is 1.68 bits per heavy atom. The van der Waals surface area contributed by atoms with Gasteiger partial charge in [0, 0.05) is 22.1 Å². The second kappa shape index (κ2) is 16.3. The minimum Gasteiger partial charge on any atom is -0.494 e. The topological polar surface area (TPSA) is 201 Å². The van der Waals surface area contributed by atoms with Crippen LogP contribution in [0.15, 0.2) is 48.5 Å². The highest BCUT2D eigenvalue weighted by atomic mass is 19.4. The Hall–Kier alpha value is -6.11. The van der Waals surface area contributed by atoms with Gasteiger partial charge in [-0.05, 0) is 82.1 Å². The number of hydrogen-bond donors (Lipinski definition) is 4. The summed E-state index contributed by atoms with van der Waals surface area (Å²) in [5.41, 5.74) is -2.76. The van der Waals surface area contributed by atoms with E-state index < -0.39 is 89.1 Å². The van der Waals surface area contributed by atoms with Crippen LogP contribution >= 0.6 is 0 Å². The zero-order valence-corrected chi connectivity index (χ0v) is 33.0. The molecule has 14 nitrogen and oxygen atoms in total. The van der Waals surface area contributed by atoms with Crippen molar-refractivity contribution in [1.82, 2.24) is 20.6 Å². The number of alkyl halides is 3. The summed E-state index contributed by atoms with van der Waals surface area (Å²) in [5.74, 6) is -5.31. The lowest BCUT2D eigenvalue weighted by molar-refractivity contribution is -0.265. The van der Waals surface area contributed by atoms with Gasteiger partial charge in [-0.15, -0.1) is 0 Å².